The van der Waals surface area contributed by atoms with Crippen molar-refractivity contribution in [3.63, 3.8) is 0 Å². The highest BCUT2D eigenvalue weighted by Gasteiger charge is 2.11. The number of nitrogens with zero attached hydrogens (tertiary/aromatic N) is 3. The molecule has 0 aromatic carbocycles. The highest BCUT2D eigenvalue weighted by atomic mass is 16.5. The first-order chi connectivity index (χ1) is 9.45. The standard InChI is InChI=1S/C14H23N3O3/c1-11(2)10-17-9-7-15-13(14(17)19)16(3)8-5-6-12(18)20-4/h7,9,11H,5-6,8,10H2,1-4H3. The van der Waals surface area contributed by atoms with Crippen molar-refractivity contribution in [1.29, 1.82) is 0 Å². The first kappa shape index (κ1) is 16.2. The smallest absolute Gasteiger partial charge is 0.305 e. The van der Waals surface area contributed by atoms with Crippen LogP contribution in [0.25, 0.3) is 0 Å². The highest BCUT2D eigenvalue weighted by molar-refractivity contribution is 5.69. The largest absolute Gasteiger partial charge is 0.469 e. The summed E-state index contributed by atoms with van der Waals surface area (Å²) in [6, 6.07) is 0. The summed E-state index contributed by atoms with van der Waals surface area (Å²) in [7, 11) is 3.18. The number of anilines is 1. The molecule has 6 nitrogen and oxygen atoms in total. The molecule has 0 saturated heterocycles. The van der Waals surface area contributed by atoms with Gasteiger partial charge in [0, 0.05) is 39.0 Å². The van der Waals surface area contributed by atoms with Gasteiger partial charge in [0.25, 0.3) is 5.56 Å². The molecule has 0 aliphatic heterocycles. The predicted molar refractivity (Wildman–Crippen MR) is 77.9 cm³/mol. The molecule has 0 radical (unpaired) electrons. The van der Waals surface area contributed by atoms with E-state index in [2.05, 4.69) is 23.6 Å². The molecule has 0 N–H and O–H groups in total. The Morgan fingerprint density at radius 2 is 2.20 bits per heavy atom. The van der Waals surface area contributed by atoms with Crippen molar-refractivity contribution >= 4 is 11.8 Å². The van der Waals surface area contributed by atoms with Gasteiger partial charge >= 0.3 is 5.97 Å². The van der Waals surface area contributed by atoms with Gasteiger partial charge in [-0.25, -0.2) is 4.98 Å². The van der Waals surface area contributed by atoms with Crippen molar-refractivity contribution in [1.82, 2.24) is 9.55 Å². The van der Waals surface area contributed by atoms with Gasteiger partial charge in [-0.15, -0.1) is 0 Å². The highest BCUT2D eigenvalue weighted by Crippen LogP contribution is 2.04. The van der Waals surface area contributed by atoms with E-state index in [1.165, 1.54) is 7.11 Å². The molecule has 6 heteroatoms. The van der Waals surface area contributed by atoms with E-state index in [4.69, 9.17) is 0 Å². The number of hydrogen-bond donors (Lipinski definition) is 0. The van der Waals surface area contributed by atoms with Gasteiger partial charge in [-0.2, -0.15) is 0 Å². The molecule has 0 unspecified atom stereocenters. The summed E-state index contributed by atoms with van der Waals surface area (Å²) >= 11 is 0. The summed E-state index contributed by atoms with van der Waals surface area (Å²) < 4.78 is 6.26. The molecule has 0 aliphatic carbocycles. The minimum absolute atomic E-state index is 0.0956. The second kappa shape index (κ2) is 7.67. The first-order valence-corrected chi connectivity index (χ1v) is 6.79. The van der Waals surface area contributed by atoms with Crippen LogP contribution < -0.4 is 10.5 Å². The van der Waals surface area contributed by atoms with E-state index in [-0.39, 0.29) is 11.5 Å². The molecule has 0 fully saturated rings. The molecular formula is C14H23N3O3. The molecule has 0 aliphatic rings. The van der Waals surface area contributed by atoms with Crippen molar-refractivity contribution in [2.75, 3.05) is 25.6 Å². The Labute approximate surface area is 119 Å². The minimum atomic E-state index is -0.239. The van der Waals surface area contributed by atoms with Crippen molar-refractivity contribution in [2.24, 2.45) is 5.92 Å². The molecule has 0 bridgehead atoms. The van der Waals surface area contributed by atoms with Gasteiger partial charge in [0.1, 0.15) is 0 Å². The lowest BCUT2D eigenvalue weighted by molar-refractivity contribution is -0.140. The fraction of sp³-hybridized carbons (Fsp3) is 0.643. The third kappa shape index (κ3) is 4.68. The van der Waals surface area contributed by atoms with Gasteiger partial charge in [0.2, 0.25) is 0 Å². The SMILES string of the molecule is COC(=O)CCCN(C)c1nccn(CC(C)C)c1=O. The first-order valence-electron chi connectivity index (χ1n) is 6.79. The van der Waals surface area contributed by atoms with Crippen LogP contribution in [0.5, 0.6) is 0 Å². The Morgan fingerprint density at radius 3 is 2.80 bits per heavy atom. The molecular weight excluding hydrogens is 258 g/mol. The van der Waals surface area contributed by atoms with Gasteiger partial charge in [-0.1, -0.05) is 13.8 Å². The molecule has 0 atom stereocenters. The molecule has 0 spiro atoms. The molecule has 1 heterocycles. The predicted octanol–water partition coefficient (Wildman–Crippen LogP) is 1.29. The summed E-state index contributed by atoms with van der Waals surface area (Å²) in [4.78, 5) is 29.2. The van der Waals surface area contributed by atoms with Gasteiger partial charge in [0.05, 0.1) is 7.11 Å². The Morgan fingerprint density at radius 1 is 1.50 bits per heavy atom. The summed E-state index contributed by atoms with van der Waals surface area (Å²) in [5.41, 5.74) is -0.0956. The lowest BCUT2D eigenvalue weighted by atomic mass is 10.2. The average molecular weight is 281 g/mol. The molecule has 1 aromatic heterocycles. The van der Waals surface area contributed by atoms with E-state index in [0.717, 1.165) is 0 Å². The van der Waals surface area contributed by atoms with E-state index in [1.54, 1.807) is 28.9 Å². The molecule has 1 rings (SSSR count). The van der Waals surface area contributed by atoms with Gasteiger partial charge in [-0.3, -0.25) is 9.59 Å². The lowest BCUT2D eigenvalue weighted by Crippen LogP contribution is -2.32. The van der Waals surface area contributed by atoms with Crippen LogP contribution in [0.3, 0.4) is 0 Å². The Balaban J connectivity index is 2.70. The van der Waals surface area contributed by atoms with E-state index < -0.39 is 0 Å². The Bertz CT molecular complexity index is 497. The number of esters is 1. The Kier molecular flexibility index (Phi) is 6.21. The molecule has 1 aromatic rings. The summed E-state index contributed by atoms with van der Waals surface area (Å²) in [5.74, 6) is 0.572. The number of hydrogen-bond acceptors (Lipinski definition) is 5. The number of methoxy groups -OCH3 is 1. The lowest BCUT2D eigenvalue weighted by Gasteiger charge is -2.18. The Hall–Kier alpha value is -1.85. The zero-order chi connectivity index (χ0) is 15.1. The number of aromatic nitrogens is 2. The van der Waals surface area contributed by atoms with E-state index in [0.29, 0.717) is 37.7 Å². The van der Waals surface area contributed by atoms with Crippen molar-refractivity contribution in [2.45, 2.75) is 33.2 Å². The number of rotatable bonds is 7. The monoisotopic (exact) mass is 281 g/mol. The zero-order valence-electron chi connectivity index (χ0n) is 12.6. The maximum absolute atomic E-state index is 12.3. The van der Waals surface area contributed by atoms with Gasteiger partial charge in [-0.05, 0) is 12.3 Å². The third-order valence-electron chi connectivity index (χ3n) is 2.92. The quantitative estimate of drug-likeness (QED) is 0.705. The van der Waals surface area contributed by atoms with Crippen molar-refractivity contribution in [3.8, 4) is 0 Å². The van der Waals surface area contributed by atoms with Crippen LogP contribution >= 0.6 is 0 Å². The maximum Gasteiger partial charge on any atom is 0.305 e. The van der Waals surface area contributed by atoms with Crippen LogP contribution in [0, 0.1) is 5.92 Å². The van der Waals surface area contributed by atoms with E-state index >= 15 is 0 Å². The van der Waals surface area contributed by atoms with Crippen molar-refractivity contribution in [3.05, 3.63) is 22.7 Å². The molecule has 0 saturated carbocycles. The topological polar surface area (TPSA) is 64.4 Å². The van der Waals surface area contributed by atoms with Gasteiger partial charge in [0.15, 0.2) is 5.82 Å². The minimum Gasteiger partial charge on any atom is -0.469 e. The number of carbonyl (C=O) groups is 1. The van der Waals surface area contributed by atoms with Crippen LogP contribution in [0.15, 0.2) is 17.2 Å². The molecule has 112 valence electrons. The van der Waals surface area contributed by atoms with E-state index in [9.17, 15) is 9.59 Å². The average Bonchev–Trinajstić information content (AvgIpc) is 2.40. The maximum atomic E-state index is 12.3. The number of carbonyl (C=O) groups excluding carboxylic acids is 1. The second-order valence-electron chi connectivity index (χ2n) is 5.20. The van der Waals surface area contributed by atoms with Crippen LogP contribution in [-0.4, -0.2) is 36.2 Å². The summed E-state index contributed by atoms with van der Waals surface area (Å²) in [5, 5.41) is 0. The van der Waals surface area contributed by atoms with Crippen LogP contribution in [0.2, 0.25) is 0 Å². The van der Waals surface area contributed by atoms with Crippen molar-refractivity contribution < 1.29 is 9.53 Å². The van der Waals surface area contributed by atoms with E-state index in [1.807, 2.05) is 0 Å². The molecule has 20 heavy (non-hydrogen) atoms. The zero-order valence-corrected chi connectivity index (χ0v) is 12.6. The second-order valence-corrected chi connectivity index (χ2v) is 5.20. The number of ether oxygens (including phenoxy) is 1. The normalized spacial score (nSPS) is 10.7. The summed E-state index contributed by atoms with van der Waals surface area (Å²) in [6.45, 7) is 5.38. The fourth-order valence-corrected chi connectivity index (χ4v) is 1.90. The van der Waals surface area contributed by atoms with Crippen LogP contribution in [-0.2, 0) is 16.1 Å². The molecule has 0 amide bonds. The van der Waals surface area contributed by atoms with Crippen LogP contribution in [0.4, 0.5) is 5.82 Å². The fourth-order valence-electron chi connectivity index (χ4n) is 1.90. The third-order valence-corrected chi connectivity index (χ3v) is 2.92. The van der Waals surface area contributed by atoms with Gasteiger partial charge < -0.3 is 14.2 Å². The van der Waals surface area contributed by atoms with Crippen LogP contribution in [0.1, 0.15) is 26.7 Å². The summed E-state index contributed by atoms with van der Waals surface area (Å²) in [6.07, 6.45) is 4.31.